The lowest BCUT2D eigenvalue weighted by Crippen LogP contribution is -2.28. The van der Waals surface area contributed by atoms with E-state index < -0.39 is 23.5 Å². The zero-order valence-electron chi connectivity index (χ0n) is 17.2. The largest absolute Gasteiger partial charge is 0.490 e. The van der Waals surface area contributed by atoms with Crippen LogP contribution < -0.4 is 4.74 Å². The van der Waals surface area contributed by atoms with E-state index in [1.807, 2.05) is 13.0 Å². The second-order valence-corrected chi connectivity index (χ2v) is 9.03. The monoisotopic (exact) mass is 465 g/mol. The second kappa shape index (κ2) is 8.03. The molecule has 0 spiro atoms. The van der Waals surface area contributed by atoms with Crippen LogP contribution in [0.25, 0.3) is 11.1 Å². The van der Waals surface area contributed by atoms with Crippen LogP contribution in [0.5, 0.6) is 5.75 Å². The highest BCUT2D eigenvalue weighted by Gasteiger charge is 2.33. The topological polar surface area (TPSA) is 68.7 Å². The van der Waals surface area contributed by atoms with Crippen molar-refractivity contribution in [2.45, 2.75) is 59.2 Å². The Morgan fingerprint density at radius 2 is 2.00 bits per heavy atom. The van der Waals surface area contributed by atoms with E-state index in [1.165, 1.54) is 6.07 Å². The van der Waals surface area contributed by atoms with E-state index in [4.69, 9.17) is 9.47 Å². The molecule has 2 aromatic rings. The molecule has 2 heterocycles. The molecule has 1 aliphatic rings. The molecule has 0 bridgehead atoms. The van der Waals surface area contributed by atoms with E-state index in [0.29, 0.717) is 45.6 Å². The highest BCUT2D eigenvalue weighted by molar-refractivity contribution is 9.10. The van der Waals surface area contributed by atoms with Crippen molar-refractivity contribution in [1.29, 1.82) is 0 Å². The lowest BCUT2D eigenvalue weighted by molar-refractivity contribution is -0.160. The van der Waals surface area contributed by atoms with Gasteiger partial charge in [0.15, 0.2) is 17.7 Å². The minimum Gasteiger partial charge on any atom is -0.490 e. The predicted molar refractivity (Wildman–Crippen MR) is 112 cm³/mol. The van der Waals surface area contributed by atoms with E-state index >= 15 is 0 Å². The maximum atomic E-state index is 14.8. The third-order valence-electron chi connectivity index (χ3n) is 4.74. The van der Waals surface area contributed by atoms with Crippen LogP contribution in [0.2, 0.25) is 0 Å². The fraction of sp³-hybridized carbons (Fsp3) is 0.455. The van der Waals surface area contributed by atoms with Crippen molar-refractivity contribution in [3.05, 3.63) is 44.9 Å². The number of carboxylic acid groups (broad SMARTS) is 1. The van der Waals surface area contributed by atoms with Crippen molar-refractivity contribution >= 4 is 21.9 Å². The standard InChI is InChI=1S/C22H25BrFNO4/c1-11-16(20(21(26)27)29-22(3,4)5)17(18(23)12(2)25-11)14-9-13-7-6-8-28-19(13)15(24)10-14/h9-10,20H,6-8H2,1-5H3,(H,26,27). The Balaban J connectivity index is 2.29. The summed E-state index contributed by atoms with van der Waals surface area (Å²) in [7, 11) is 0. The molecule has 1 N–H and O–H groups in total. The van der Waals surface area contributed by atoms with Gasteiger partial charge in [-0.3, -0.25) is 4.98 Å². The zero-order valence-corrected chi connectivity index (χ0v) is 18.8. The number of benzene rings is 1. The first-order chi connectivity index (χ1) is 13.5. The molecule has 0 saturated heterocycles. The third-order valence-corrected chi connectivity index (χ3v) is 5.71. The molecule has 1 unspecified atom stereocenters. The van der Waals surface area contributed by atoms with Gasteiger partial charge in [-0.2, -0.15) is 0 Å². The van der Waals surface area contributed by atoms with Gasteiger partial charge in [0.05, 0.1) is 17.9 Å². The molecule has 0 saturated carbocycles. The maximum absolute atomic E-state index is 14.8. The van der Waals surface area contributed by atoms with Crippen molar-refractivity contribution in [1.82, 2.24) is 4.98 Å². The van der Waals surface area contributed by atoms with E-state index in [1.54, 1.807) is 27.7 Å². The van der Waals surface area contributed by atoms with Crippen LogP contribution in [0, 0.1) is 19.7 Å². The van der Waals surface area contributed by atoms with Gasteiger partial charge in [-0.25, -0.2) is 9.18 Å². The molecule has 5 nitrogen and oxygen atoms in total. The number of ether oxygens (including phenoxy) is 2. The van der Waals surface area contributed by atoms with Crippen LogP contribution in [0.3, 0.4) is 0 Å². The summed E-state index contributed by atoms with van der Waals surface area (Å²) in [5.74, 6) is -1.30. The van der Waals surface area contributed by atoms with Crippen LogP contribution >= 0.6 is 15.9 Å². The molecular formula is C22H25BrFNO4. The second-order valence-electron chi connectivity index (χ2n) is 8.23. The molecule has 7 heteroatoms. The maximum Gasteiger partial charge on any atom is 0.337 e. The summed E-state index contributed by atoms with van der Waals surface area (Å²) in [6.07, 6.45) is 0.268. The van der Waals surface area contributed by atoms with Crippen molar-refractivity contribution in [2.75, 3.05) is 6.61 Å². The van der Waals surface area contributed by atoms with E-state index in [2.05, 4.69) is 20.9 Å². The van der Waals surface area contributed by atoms with Gasteiger partial charge in [0, 0.05) is 21.3 Å². The minimum atomic E-state index is -1.25. The molecule has 1 aromatic carbocycles. The first kappa shape index (κ1) is 21.7. The summed E-state index contributed by atoms with van der Waals surface area (Å²) in [4.78, 5) is 16.6. The number of hydrogen-bond donors (Lipinski definition) is 1. The summed E-state index contributed by atoms with van der Waals surface area (Å²) >= 11 is 3.55. The van der Waals surface area contributed by atoms with Gasteiger partial charge in [-0.1, -0.05) is 0 Å². The average molecular weight is 466 g/mol. The van der Waals surface area contributed by atoms with Crippen molar-refractivity contribution in [3.63, 3.8) is 0 Å². The lowest BCUT2D eigenvalue weighted by atomic mass is 9.91. The molecule has 29 heavy (non-hydrogen) atoms. The first-order valence-electron chi connectivity index (χ1n) is 9.52. The molecule has 3 rings (SSSR count). The number of hydrogen-bond acceptors (Lipinski definition) is 4. The zero-order chi connectivity index (χ0) is 21.5. The van der Waals surface area contributed by atoms with Gasteiger partial charge in [0.1, 0.15) is 0 Å². The molecule has 0 amide bonds. The number of pyridine rings is 1. The number of fused-ring (bicyclic) bond motifs is 1. The normalized spacial score (nSPS) is 14.9. The van der Waals surface area contributed by atoms with Crippen molar-refractivity contribution in [3.8, 4) is 16.9 Å². The molecule has 0 fully saturated rings. The SMILES string of the molecule is Cc1nc(C)c(C(OC(C)(C)C)C(=O)O)c(-c2cc(F)c3c(c2)CCCO3)c1Br. The Morgan fingerprint density at radius 3 is 2.62 bits per heavy atom. The highest BCUT2D eigenvalue weighted by atomic mass is 79.9. The number of nitrogens with zero attached hydrogens (tertiary/aromatic N) is 1. The van der Waals surface area contributed by atoms with E-state index in [-0.39, 0.29) is 5.75 Å². The average Bonchev–Trinajstić information content (AvgIpc) is 2.62. The quantitative estimate of drug-likeness (QED) is 0.642. The Labute approximate surface area is 178 Å². The number of aromatic nitrogens is 1. The Morgan fingerprint density at radius 1 is 1.31 bits per heavy atom. The number of rotatable bonds is 4. The Bertz CT molecular complexity index is 969. The van der Waals surface area contributed by atoms with Crippen LogP contribution in [0.1, 0.15) is 55.8 Å². The molecule has 156 valence electrons. The third kappa shape index (κ3) is 4.46. The Hall–Kier alpha value is -1.99. The van der Waals surface area contributed by atoms with Gasteiger partial charge in [-0.15, -0.1) is 0 Å². The fourth-order valence-corrected chi connectivity index (χ4v) is 4.14. The Kier molecular flexibility index (Phi) is 6.01. The predicted octanol–water partition coefficient (Wildman–Crippen LogP) is 5.53. The number of halogens is 2. The van der Waals surface area contributed by atoms with Gasteiger partial charge in [0.25, 0.3) is 0 Å². The fourth-order valence-electron chi connectivity index (χ4n) is 3.61. The number of carboxylic acids is 1. The van der Waals surface area contributed by atoms with Crippen LogP contribution in [-0.2, 0) is 16.0 Å². The molecular weight excluding hydrogens is 441 g/mol. The van der Waals surface area contributed by atoms with Crippen molar-refractivity contribution in [2.24, 2.45) is 0 Å². The summed E-state index contributed by atoms with van der Waals surface area (Å²) in [5, 5.41) is 9.93. The van der Waals surface area contributed by atoms with Crippen molar-refractivity contribution < 1.29 is 23.8 Å². The van der Waals surface area contributed by atoms with Crippen LogP contribution in [0.4, 0.5) is 4.39 Å². The molecule has 1 aliphatic heterocycles. The highest BCUT2D eigenvalue weighted by Crippen LogP contribution is 2.42. The summed E-state index contributed by atoms with van der Waals surface area (Å²) in [6, 6.07) is 3.26. The summed E-state index contributed by atoms with van der Waals surface area (Å²) < 4.78 is 26.8. The number of carbonyl (C=O) groups is 1. The van der Waals surface area contributed by atoms with Gasteiger partial charge in [-0.05, 0) is 86.6 Å². The molecule has 1 aromatic heterocycles. The van der Waals surface area contributed by atoms with Crippen LogP contribution in [0.15, 0.2) is 16.6 Å². The number of aliphatic carboxylic acids is 1. The van der Waals surface area contributed by atoms with Crippen LogP contribution in [-0.4, -0.2) is 28.3 Å². The molecule has 1 atom stereocenters. The number of aryl methyl sites for hydroxylation is 3. The first-order valence-corrected chi connectivity index (χ1v) is 10.3. The lowest BCUT2D eigenvalue weighted by Gasteiger charge is -2.28. The van der Waals surface area contributed by atoms with E-state index in [0.717, 1.165) is 12.0 Å². The summed E-state index contributed by atoms with van der Waals surface area (Å²) in [6.45, 7) is 9.45. The summed E-state index contributed by atoms with van der Waals surface area (Å²) in [5.41, 5.74) is 2.88. The van der Waals surface area contributed by atoms with E-state index in [9.17, 15) is 14.3 Å². The molecule has 0 radical (unpaired) electrons. The minimum absolute atomic E-state index is 0.279. The van der Waals surface area contributed by atoms with Gasteiger partial charge >= 0.3 is 5.97 Å². The van der Waals surface area contributed by atoms with Gasteiger partial charge < -0.3 is 14.6 Å². The van der Waals surface area contributed by atoms with Gasteiger partial charge in [0.2, 0.25) is 0 Å². The molecule has 0 aliphatic carbocycles. The smallest absolute Gasteiger partial charge is 0.337 e.